The SMILES string of the molecule is C=C1C2=C(C=C3c4nc5cc(F)c(F)cc5cc4CN13)[C@H](OCC)CC(=O)OC2. The highest BCUT2D eigenvalue weighted by Crippen LogP contribution is 2.44. The summed E-state index contributed by atoms with van der Waals surface area (Å²) in [5.41, 5.74) is 5.20. The number of cyclic esters (lactones) is 1. The topological polar surface area (TPSA) is 51.7 Å². The standard InChI is InChI=1S/C22H18F2N2O3/c1-3-28-20-8-21(27)29-10-15-11(2)26-9-13-4-12-5-16(23)17(24)7-18(12)25-22(13)19(26)6-14(15)20/h4-7,20H,2-3,8-10H2,1H3/t20-/m1/s1. The Balaban J connectivity index is 1.66. The number of pyridine rings is 1. The molecule has 0 saturated carbocycles. The minimum Gasteiger partial charge on any atom is -0.461 e. The first kappa shape index (κ1) is 18.0. The molecule has 148 valence electrons. The van der Waals surface area contributed by atoms with Crippen molar-refractivity contribution in [2.75, 3.05) is 13.2 Å². The zero-order chi connectivity index (χ0) is 20.3. The molecule has 1 aromatic carbocycles. The van der Waals surface area contributed by atoms with Crippen molar-refractivity contribution < 1.29 is 23.0 Å². The summed E-state index contributed by atoms with van der Waals surface area (Å²) >= 11 is 0. The van der Waals surface area contributed by atoms with E-state index in [1.54, 1.807) is 0 Å². The number of rotatable bonds is 2. The monoisotopic (exact) mass is 396 g/mol. The van der Waals surface area contributed by atoms with Crippen LogP contribution >= 0.6 is 0 Å². The van der Waals surface area contributed by atoms with Gasteiger partial charge < -0.3 is 14.4 Å². The highest BCUT2D eigenvalue weighted by molar-refractivity contribution is 5.86. The Morgan fingerprint density at radius 1 is 1.31 bits per heavy atom. The predicted octanol–water partition coefficient (Wildman–Crippen LogP) is 3.85. The number of carbonyl (C=O) groups excluding carboxylic acids is 1. The van der Waals surface area contributed by atoms with E-state index in [9.17, 15) is 13.6 Å². The van der Waals surface area contributed by atoms with Crippen molar-refractivity contribution in [1.82, 2.24) is 9.88 Å². The Bertz CT molecular complexity index is 1150. The second-order valence-electron chi connectivity index (χ2n) is 7.26. The van der Waals surface area contributed by atoms with Gasteiger partial charge in [0.05, 0.1) is 36.0 Å². The molecule has 1 atom stereocenters. The molecule has 0 amide bonds. The van der Waals surface area contributed by atoms with Crippen LogP contribution in [0.25, 0.3) is 16.6 Å². The fraction of sp³-hybridized carbons (Fsp3) is 0.273. The molecule has 1 aromatic heterocycles. The van der Waals surface area contributed by atoms with E-state index >= 15 is 0 Å². The number of fused-ring (bicyclic) bond motifs is 4. The Morgan fingerprint density at radius 2 is 2.10 bits per heavy atom. The van der Waals surface area contributed by atoms with Crippen molar-refractivity contribution in [3.8, 4) is 0 Å². The van der Waals surface area contributed by atoms with Gasteiger partial charge in [0.1, 0.15) is 6.61 Å². The maximum atomic E-state index is 13.7. The van der Waals surface area contributed by atoms with E-state index < -0.39 is 17.7 Å². The van der Waals surface area contributed by atoms with E-state index in [0.717, 1.165) is 40.2 Å². The van der Waals surface area contributed by atoms with Crippen LogP contribution in [0.3, 0.4) is 0 Å². The maximum absolute atomic E-state index is 13.7. The minimum atomic E-state index is -0.928. The van der Waals surface area contributed by atoms with Crippen molar-refractivity contribution in [3.63, 3.8) is 0 Å². The molecule has 5 rings (SSSR count). The minimum absolute atomic E-state index is 0.131. The van der Waals surface area contributed by atoms with Crippen molar-refractivity contribution in [3.05, 3.63) is 70.6 Å². The number of hydrogen-bond donors (Lipinski definition) is 0. The van der Waals surface area contributed by atoms with Gasteiger partial charge in [-0.1, -0.05) is 6.58 Å². The molecule has 0 spiro atoms. The van der Waals surface area contributed by atoms with Gasteiger partial charge >= 0.3 is 5.97 Å². The Labute approximate surface area is 165 Å². The van der Waals surface area contributed by atoms with Crippen LogP contribution in [0, 0.1) is 11.6 Å². The smallest absolute Gasteiger partial charge is 0.309 e. The molecular formula is C22H18F2N2O3. The van der Waals surface area contributed by atoms with Gasteiger partial charge in [-0.05, 0) is 30.7 Å². The molecule has 7 heteroatoms. The summed E-state index contributed by atoms with van der Waals surface area (Å²) < 4.78 is 38.5. The first-order valence-corrected chi connectivity index (χ1v) is 9.44. The molecule has 0 unspecified atom stereocenters. The molecule has 0 N–H and O–H groups in total. The Hall–Kier alpha value is -3.06. The van der Waals surface area contributed by atoms with Crippen LogP contribution in [0.2, 0.25) is 0 Å². The van der Waals surface area contributed by atoms with Gasteiger partial charge in [0.25, 0.3) is 0 Å². The first-order chi connectivity index (χ1) is 14.0. The normalized spacial score (nSPS) is 20.9. The van der Waals surface area contributed by atoms with Crippen molar-refractivity contribution >= 4 is 22.6 Å². The third-order valence-electron chi connectivity index (χ3n) is 5.56. The number of ether oxygens (including phenoxy) is 2. The lowest BCUT2D eigenvalue weighted by molar-refractivity contribution is -0.144. The summed E-state index contributed by atoms with van der Waals surface area (Å²) in [6, 6.07) is 4.10. The summed E-state index contributed by atoms with van der Waals surface area (Å²) in [6.07, 6.45) is 1.66. The van der Waals surface area contributed by atoms with E-state index in [-0.39, 0.29) is 19.0 Å². The fourth-order valence-electron chi connectivity index (χ4n) is 4.17. The lowest BCUT2D eigenvalue weighted by atomic mass is 9.94. The number of esters is 1. The zero-order valence-corrected chi connectivity index (χ0v) is 15.8. The summed E-state index contributed by atoms with van der Waals surface area (Å²) in [7, 11) is 0. The predicted molar refractivity (Wildman–Crippen MR) is 102 cm³/mol. The lowest BCUT2D eigenvalue weighted by Crippen LogP contribution is -2.26. The van der Waals surface area contributed by atoms with Gasteiger partial charge in [-0.15, -0.1) is 0 Å². The van der Waals surface area contributed by atoms with E-state index in [2.05, 4.69) is 11.6 Å². The van der Waals surface area contributed by atoms with Crippen molar-refractivity contribution in [2.45, 2.75) is 26.0 Å². The van der Waals surface area contributed by atoms with Crippen molar-refractivity contribution in [1.29, 1.82) is 0 Å². The van der Waals surface area contributed by atoms with E-state index in [0.29, 0.717) is 29.7 Å². The second-order valence-corrected chi connectivity index (χ2v) is 7.26. The number of carbonyl (C=O) groups is 1. The van der Waals surface area contributed by atoms with E-state index in [1.807, 2.05) is 24.0 Å². The molecule has 0 fully saturated rings. The molecule has 0 bridgehead atoms. The quantitative estimate of drug-likeness (QED) is 0.722. The Kier molecular flexibility index (Phi) is 4.03. The average molecular weight is 396 g/mol. The van der Waals surface area contributed by atoms with Gasteiger partial charge in [-0.3, -0.25) is 4.79 Å². The molecule has 0 saturated heterocycles. The highest BCUT2D eigenvalue weighted by atomic mass is 19.2. The summed E-state index contributed by atoms with van der Waals surface area (Å²) in [5, 5.41) is 0.546. The van der Waals surface area contributed by atoms with Crippen LogP contribution in [-0.4, -0.2) is 35.2 Å². The van der Waals surface area contributed by atoms with E-state index in [4.69, 9.17) is 9.47 Å². The molecule has 2 aromatic rings. The van der Waals surface area contributed by atoms with Crippen molar-refractivity contribution in [2.24, 2.45) is 0 Å². The summed E-state index contributed by atoms with van der Waals surface area (Å²) in [5.74, 6) is -2.14. The zero-order valence-electron chi connectivity index (χ0n) is 15.8. The molecule has 5 nitrogen and oxygen atoms in total. The van der Waals surface area contributed by atoms with Gasteiger partial charge in [0.15, 0.2) is 11.6 Å². The number of benzene rings is 1. The molecular weight excluding hydrogens is 378 g/mol. The molecule has 3 aliphatic rings. The van der Waals surface area contributed by atoms with Crippen LogP contribution in [0.5, 0.6) is 0 Å². The number of aromatic nitrogens is 1. The third kappa shape index (κ3) is 2.76. The highest BCUT2D eigenvalue weighted by Gasteiger charge is 2.37. The van der Waals surface area contributed by atoms with Crippen LogP contribution in [0.1, 0.15) is 24.6 Å². The molecule has 4 heterocycles. The van der Waals surface area contributed by atoms with Gasteiger partial charge in [-0.2, -0.15) is 0 Å². The third-order valence-corrected chi connectivity index (χ3v) is 5.56. The average Bonchev–Trinajstić information content (AvgIpc) is 2.95. The Morgan fingerprint density at radius 3 is 2.90 bits per heavy atom. The van der Waals surface area contributed by atoms with Gasteiger partial charge in [0, 0.05) is 34.9 Å². The van der Waals surface area contributed by atoms with Crippen LogP contribution in [0.4, 0.5) is 8.78 Å². The fourth-order valence-corrected chi connectivity index (χ4v) is 4.17. The number of hydrogen-bond acceptors (Lipinski definition) is 5. The van der Waals surface area contributed by atoms with Crippen LogP contribution in [0.15, 0.2) is 47.7 Å². The number of nitrogens with zero attached hydrogens (tertiary/aromatic N) is 2. The number of halogens is 2. The summed E-state index contributed by atoms with van der Waals surface area (Å²) in [4.78, 5) is 18.6. The largest absolute Gasteiger partial charge is 0.461 e. The lowest BCUT2D eigenvalue weighted by Gasteiger charge is -2.31. The molecule has 0 aliphatic carbocycles. The second kappa shape index (κ2) is 6.49. The van der Waals surface area contributed by atoms with Gasteiger partial charge in [0.2, 0.25) is 0 Å². The molecule has 0 radical (unpaired) electrons. The first-order valence-electron chi connectivity index (χ1n) is 9.44. The van der Waals surface area contributed by atoms with Crippen LogP contribution in [-0.2, 0) is 20.8 Å². The van der Waals surface area contributed by atoms with Crippen LogP contribution < -0.4 is 0 Å². The molecule has 3 aliphatic heterocycles. The maximum Gasteiger partial charge on any atom is 0.309 e. The summed E-state index contributed by atoms with van der Waals surface area (Å²) in [6.45, 7) is 7.19. The molecule has 29 heavy (non-hydrogen) atoms. The van der Waals surface area contributed by atoms with E-state index in [1.165, 1.54) is 0 Å². The van der Waals surface area contributed by atoms with Gasteiger partial charge in [-0.25, -0.2) is 13.8 Å².